The van der Waals surface area contributed by atoms with Crippen LogP contribution >= 0.6 is 0 Å². The van der Waals surface area contributed by atoms with Gasteiger partial charge in [0.15, 0.2) is 6.33 Å². The molecule has 0 radical (unpaired) electrons. The molecule has 1 heterocycles. The fourth-order valence-electron chi connectivity index (χ4n) is 0.883. The fraction of sp³-hybridized carbons (Fsp3) is 0.750. The van der Waals surface area contributed by atoms with Crippen LogP contribution in [0.4, 0.5) is 0 Å². The Morgan fingerprint density at radius 3 is 2.92 bits per heavy atom. The van der Waals surface area contributed by atoms with Crippen molar-refractivity contribution in [2.24, 2.45) is 0 Å². The number of aliphatic hydroxyl groups is 1. The molecule has 1 aromatic heterocycles. The molecule has 0 aliphatic carbocycles. The number of hydrogen-bond donors (Lipinski definition) is 2. The molecule has 5 heteroatoms. The molecule has 0 fully saturated rings. The zero-order valence-electron chi connectivity index (χ0n) is 7.90. The number of hydrogen-bond acceptors (Lipinski definition) is 5. The van der Waals surface area contributed by atoms with Crippen LogP contribution in [-0.4, -0.2) is 33.9 Å². The topological polar surface area (TPSA) is 71.2 Å². The van der Waals surface area contributed by atoms with Crippen molar-refractivity contribution in [2.75, 3.05) is 6.54 Å². The van der Waals surface area contributed by atoms with E-state index in [2.05, 4.69) is 15.5 Å². The lowest BCUT2D eigenvalue weighted by Crippen LogP contribution is -2.36. The first-order valence-electron chi connectivity index (χ1n) is 4.37. The Morgan fingerprint density at radius 1 is 1.62 bits per heavy atom. The maximum absolute atomic E-state index is 9.16. The first kappa shape index (κ1) is 10.1. The van der Waals surface area contributed by atoms with Crippen molar-refractivity contribution in [3.05, 3.63) is 12.2 Å². The van der Waals surface area contributed by atoms with Crippen molar-refractivity contribution in [2.45, 2.75) is 32.4 Å². The molecular formula is C8H15N3O2. The van der Waals surface area contributed by atoms with E-state index in [9.17, 15) is 0 Å². The van der Waals surface area contributed by atoms with E-state index >= 15 is 0 Å². The summed E-state index contributed by atoms with van der Waals surface area (Å²) in [5.74, 6) is 0.616. The minimum atomic E-state index is -0.345. The van der Waals surface area contributed by atoms with Gasteiger partial charge >= 0.3 is 0 Å². The van der Waals surface area contributed by atoms with Crippen molar-refractivity contribution in [3.8, 4) is 0 Å². The molecule has 0 aliphatic heterocycles. The summed E-state index contributed by atoms with van der Waals surface area (Å²) in [6, 6.07) is 0.0860. The van der Waals surface area contributed by atoms with Gasteiger partial charge in [0.1, 0.15) is 0 Å². The summed E-state index contributed by atoms with van der Waals surface area (Å²) in [5, 5.41) is 15.8. The average Bonchev–Trinajstić information content (AvgIpc) is 2.56. The van der Waals surface area contributed by atoms with Crippen molar-refractivity contribution < 1.29 is 9.63 Å². The van der Waals surface area contributed by atoms with Gasteiger partial charge in [-0.25, -0.2) is 0 Å². The lowest BCUT2D eigenvalue weighted by molar-refractivity contribution is 0.153. The molecule has 5 nitrogen and oxygen atoms in total. The molecule has 0 saturated heterocycles. The van der Waals surface area contributed by atoms with Crippen LogP contribution in [-0.2, 0) is 6.42 Å². The van der Waals surface area contributed by atoms with Gasteiger partial charge in [-0.05, 0) is 13.8 Å². The molecule has 0 amide bonds. The number of nitrogens with zero attached hydrogens (tertiary/aromatic N) is 2. The van der Waals surface area contributed by atoms with Crippen molar-refractivity contribution in [1.82, 2.24) is 15.5 Å². The van der Waals surface area contributed by atoms with Crippen molar-refractivity contribution >= 4 is 0 Å². The average molecular weight is 185 g/mol. The molecule has 0 spiro atoms. The quantitative estimate of drug-likeness (QED) is 0.674. The van der Waals surface area contributed by atoms with Gasteiger partial charge in [0.25, 0.3) is 0 Å². The first-order valence-corrected chi connectivity index (χ1v) is 4.37. The van der Waals surface area contributed by atoms with Gasteiger partial charge in [0.05, 0.1) is 6.10 Å². The van der Waals surface area contributed by atoms with Crippen LogP contribution in [0.25, 0.3) is 0 Å². The number of nitrogens with one attached hydrogen (secondary N) is 1. The lowest BCUT2D eigenvalue weighted by atomic mass is 10.2. The van der Waals surface area contributed by atoms with Crippen LogP contribution in [0, 0.1) is 0 Å². The van der Waals surface area contributed by atoms with Crippen LogP contribution in [0.2, 0.25) is 0 Å². The molecular weight excluding hydrogens is 170 g/mol. The van der Waals surface area contributed by atoms with Gasteiger partial charge in [-0.2, -0.15) is 4.98 Å². The first-order chi connectivity index (χ1) is 6.20. The van der Waals surface area contributed by atoms with E-state index in [1.54, 1.807) is 6.92 Å². The predicted molar refractivity (Wildman–Crippen MR) is 47.1 cm³/mol. The van der Waals surface area contributed by atoms with Gasteiger partial charge in [0.2, 0.25) is 5.89 Å². The monoisotopic (exact) mass is 185 g/mol. The Morgan fingerprint density at radius 2 is 2.38 bits per heavy atom. The summed E-state index contributed by atoms with van der Waals surface area (Å²) < 4.78 is 4.81. The second kappa shape index (κ2) is 4.94. The molecule has 2 N–H and O–H groups in total. The Labute approximate surface area is 77.2 Å². The molecule has 1 rings (SSSR count). The molecule has 74 valence electrons. The molecule has 2 atom stereocenters. The van der Waals surface area contributed by atoms with Gasteiger partial charge in [-0.1, -0.05) is 5.16 Å². The molecule has 0 saturated carbocycles. The largest absolute Gasteiger partial charge is 0.392 e. The fourth-order valence-corrected chi connectivity index (χ4v) is 0.883. The Balaban J connectivity index is 2.14. The zero-order chi connectivity index (χ0) is 9.68. The molecule has 13 heavy (non-hydrogen) atoms. The summed E-state index contributed by atoms with van der Waals surface area (Å²) >= 11 is 0. The summed E-state index contributed by atoms with van der Waals surface area (Å²) in [5.41, 5.74) is 0. The second-order valence-electron chi connectivity index (χ2n) is 3.07. The van der Waals surface area contributed by atoms with Gasteiger partial charge in [-0.15, -0.1) is 0 Å². The van der Waals surface area contributed by atoms with E-state index in [1.807, 2.05) is 6.92 Å². The van der Waals surface area contributed by atoms with Crippen LogP contribution in [0.3, 0.4) is 0 Å². The maximum atomic E-state index is 9.16. The third-order valence-corrected chi connectivity index (χ3v) is 1.94. The van der Waals surface area contributed by atoms with Gasteiger partial charge in [0, 0.05) is 19.0 Å². The highest BCUT2D eigenvalue weighted by molar-refractivity contribution is 4.76. The van der Waals surface area contributed by atoms with Crippen LogP contribution in [0.5, 0.6) is 0 Å². The second-order valence-corrected chi connectivity index (χ2v) is 3.07. The molecule has 1 aromatic rings. The van der Waals surface area contributed by atoms with E-state index in [-0.39, 0.29) is 12.1 Å². The van der Waals surface area contributed by atoms with E-state index in [4.69, 9.17) is 9.63 Å². The Hall–Kier alpha value is -0.940. The van der Waals surface area contributed by atoms with Crippen LogP contribution in [0.15, 0.2) is 10.9 Å². The smallest absolute Gasteiger partial charge is 0.227 e. The summed E-state index contributed by atoms with van der Waals surface area (Å²) in [6.45, 7) is 4.41. The third-order valence-electron chi connectivity index (χ3n) is 1.94. The van der Waals surface area contributed by atoms with Crippen LogP contribution < -0.4 is 5.32 Å². The SMILES string of the molecule is CC(O)C(C)NCCc1ncno1. The maximum Gasteiger partial charge on any atom is 0.227 e. The third kappa shape index (κ3) is 3.52. The molecule has 0 aromatic carbocycles. The summed E-state index contributed by atoms with van der Waals surface area (Å²) in [7, 11) is 0. The van der Waals surface area contributed by atoms with Crippen molar-refractivity contribution in [1.29, 1.82) is 0 Å². The van der Waals surface area contributed by atoms with Gasteiger partial charge < -0.3 is 14.9 Å². The minimum Gasteiger partial charge on any atom is -0.392 e. The summed E-state index contributed by atoms with van der Waals surface area (Å²) in [4.78, 5) is 3.88. The zero-order valence-corrected chi connectivity index (χ0v) is 7.90. The van der Waals surface area contributed by atoms with E-state index in [0.29, 0.717) is 12.3 Å². The van der Waals surface area contributed by atoms with E-state index < -0.39 is 0 Å². The highest BCUT2D eigenvalue weighted by Crippen LogP contribution is 1.93. The standard InChI is InChI=1S/C8H15N3O2/c1-6(7(2)12)9-4-3-8-10-5-11-13-8/h5-7,9,12H,3-4H2,1-2H3. The number of aromatic nitrogens is 2. The normalized spacial score (nSPS) is 15.6. The Bertz CT molecular complexity index is 223. The lowest BCUT2D eigenvalue weighted by Gasteiger charge is -2.15. The van der Waals surface area contributed by atoms with E-state index in [1.165, 1.54) is 6.33 Å². The molecule has 2 unspecified atom stereocenters. The minimum absolute atomic E-state index is 0.0860. The molecule has 0 bridgehead atoms. The number of rotatable bonds is 5. The van der Waals surface area contributed by atoms with Gasteiger partial charge in [-0.3, -0.25) is 0 Å². The highest BCUT2D eigenvalue weighted by Gasteiger charge is 2.07. The van der Waals surface area contributed by atoms with Crippen LogP contribution in [0.1, 0.15) is 19.7 Å². The van der Waals surface area contributed by atoms with E-state index in [0.717, 1.165) is 6.54 Å². The predicted octanol–water partition coefficient (Wildman–Crippen LogP) is -0.0290. The number of aliphatic hydroxyl groups excluding tert-OH is 1. The molecule has 0 aliphatic rings. The summed E-state index contributed by atoms with van der Waals surface area (Å²) in [6.07, 6.45) is 1.73. The highest BCUT2D eigenvalue weighted by atomic mass is 16.5. The Kier molecular flexibility index (Phi) is 3.85. The van der Waals surface area contributed by atoms with Crippen molar-refractivity contribution in [3.63, 3.8) is 0 Å².